The van der Waals surface area contributed by atoms with Crippen LogP contribution < -0.4 is 11.1 Å². The predicted octanol–water partition coefficient (Wildman–Crippen LogP) is 4.52. The molecule has 21 heavy (non-hydrogen) atoms. The second-order valence-corrected chi connectivity index (χ2v) is 6.05. The molecule has 0 spiro atoms. The number of hydrogen-bond acceptors (Lipinski definition) is 3. The van der Waals surface area contributed by atoms with Crippen LogP contribution >= 0.6 is 11.8 Å². The number of nitrogens with two attached hydrogens (primary N) is 1. The Morgan fingerprint density at radius 3 is 2.14 bits per heavy atom. The van der Waals surface area contributed by atoms with Crippen molar-refractivity contribution < 1.29 is 4.39 Å². The molecule has 112 valence electrons. The van der Waals surface area contributed by atoms with Gasteiger partial charge in [0.2, 0.25) is 0 Å². The number of rotatable bonds is 7. The first-order chi connectivity index (χ1) is 10.2. The molecule has 4 heteroatoms. The van der Waals surface area contributed by atoms with Gasteiger partial charge < -0.3 is 11.1 Å². The highest BCUT2D eigenvalue weighted by molar-refractivity contribution is 7.99. The monoisotopic (exact) mass is 304 g/mol. The topological polar surface area (TPSA) is 38.0 Å². The molecule has 2 nitrogen and oxygen atoms in total. The maximum atomic E-state index is 12.9. The Balaban J connectivity index is 1.96. The Kier molecular flexibility index (Phi) is 6.08. The highest BCUT2D eigenvalue weighted by Gasteiger charge is 2.05. The zero-order valence-corrected chi connectivity index (χ0v) is 13.0. The smallest absolute Gasteiger partial charge is 0.123 e. The standard InChI is InChI=1S/C17H21FN2S/c1-2-14(11-12-19)20-15-5-9-17(10-6-15)21-16-7-3-13(18)4-8-16/h3-10,14,20H,2,11-12,19H2,1H3. The van der Waals surface area contributed by atoms with Crippen molar-refractivity contribution in [2.75, 3.05) is 11.9 Å². The van der Waals surface area contributed by atoms with Crippen LogP contribution in [0.25, 0.3) is 0 Å². The molecule has 0 fully saturated rings. The third-order valence-electron chi connectivity index (χ3n) is 3.28. The summed E-state index contributed by atoms with van der Waals surface area (Å²) in [5.41, 5.74) is 6.72. The van der Waals surface area contributed by atoms with Gasteiger partial charge in [-0.15, -0.1) is 0 Å². The van der Waals surface area contributed by atoms with Crippen LogP contribution in [0.2, 0.25) is 0 Å². The van der Waals surface area contributed by atoms with E-state index in [1.165, 1.54) is 12.1 Å². The fourth-order valence-electron chi connectivity index (χ4n) is 2.07. The number of anilines is 1. The molecule has 2 aromatic rings. The number of nitrogens with one attached hydrogen (secondary N) is 1. The minimum atomic E-state index is -0.204. The van der Waals surface area contributed by atoms with E-state index >= 15 is 0 Å². The largest absolute Gasteiger partial charge is 0.382 e. The second kappa shape index (κ2) is 8.05. The lowest BCUT2D eigenvalue weighted by Crippen LogP contribution is -2.22. The van der Waals surface area contributed by atoms with E-state index in [4.69, 9.17) is 5.73 Å². The van der Waals surface area contributed by atoms with Crippen molar-refractivity contribution in [2.24, 2.45) is 5.73 Å². The summed E-state index contributed by atoms with van der Waals surface area (Å²) in [4.78, 5) is 2.17. The first kappa shape index (κ1) is 15.9. The second-order valence-electron chi connectivity index (χ2n) is 4.91. The van der Waals surface area contributed by atoms with Gasteiger partial charge in [0.1, 0.15) is 5.82 Å². The van der Waals surface area contributed by atoms with Gasteiger partial charge in [-0.1, -0.05) is 18.7 Å². The maximum absolute atomic E-state index is 12.9. The lowest BCUT2D eigenvalue weighted by atomic mass is 10.1. The van der Waals surface area contributed by atoms with E-state index in [0.717, 1.165) is 28.3 Å². The van der Waals surface area contributed by atoms with Crippen molar-refractivity contribution in [3.05, 3.63) is 54.3 Å². The van der Waals surface area contributed by atoms with Crippen LogP contribution in [0.4, 0.5) is 10.1 Å². The SMILES string of the molecule is CCC(CCN)Nc1ccc(Sc2ccc(F)cc2)cc1. The van der Waals surface area contributed by atoms with Crippen LogP contribution in [0.15, 0.2) is 58.3 Å². The van der Waals surface area contributed by atoms with Crippen molar-refractivity contribution in [3.63, 3.8) is 0 Å². The number of halogens is 1. The lowest BCUT2D eigenvalue weighted by molar-refractivity contribution is 0.626. The quantitative estimate of drug-likeness (QED) is 0.790. The molecule has 0 saturated carbocycles. The summed E-state index contributed by atoms with van der Waals surface area (Å²) in [5, 5.41) is 3.49. The van der Waals surface area contributed by atoms with Crippen LogP contribution in [-0.4, -0.2) is 12.6 Å². The molecule has 0 aromatic heterocycles. The molecule has 0 amide bonds. The summed E-state index contributed by atoms with van der Waals surface area (Å²) in [7, 11) is 0. The van der Waals surface area contributed by atoms with E-state index in [1.54, 1.807) is 23.9 Å². The minimum absolute atomic E-state index is 0.204. The molecule has 1 atom stereocenters. The summed E-state index contributed by atoms with van der Waals surface area (Å²) in [6.45, 7) is 2.86. The van der Waals surface area contributed by atoms with Gasteiger partial charge in [-0.2, -0.15) is 0 Å². The van der Waals surface area contributed by atoms with Gasteiger partial charge in [-0.3, -0.25) is 0 Å². The Hall–Kier alpha value is -1.52. The van der Waals surface area contributed by atoms with Gasteiger partial charge in [0, 0.05) is 21.5 Å². The third-order valence-corrected chi connectivity index (χ3v) is 4.30. The molecule has 0 saturated heterocycles. The van der Waals surface area contributed by atoms with Gasteiger partial charge in [-0.05, 0) is 67.9 Å². The van der Waals surface area contributed by atoms with E-state index in [-0.39, 0.29) is 5.82 Å². The molecule has 0 aliphatic carbocycles. The van der Waals surface area contributed by atoms with E-state index in [9.17, 15) is 4.39 Å². The van der Waals surface area contributed by atoms with E-state index in [2.05, 4.69) is 36.5 Å². The summed E-state index contributed by atoms with van der Waals surface area (Å²) < 4.78 is 12.9. The predicted molar refractivity (Wildman–Crippen MR) is 88.3 cm³/mol. The molecule has 0 aliphatic heterocycles. The fourth-order valence-corrected chi connectivity index (χ4v) is 2.89. The Bertz CT molecular complexity index is 540. The molecule has 1 unspecified atom stereocenters. The van der Waals surface area contributed by atoms with Crippen molar-refractivity contribution in [3.8, 4) is 0 Å². The molecule has 2 rings (SSSR count). The van der Waals surface area contributed by atoms with Crippen LogP contribution in [0.3, 0.4) is 0 Å². The Labute approximate surface area is 129 Å². The fraction of sp³-hybridized carbons (Fsp3) is 0.294. The third kappa shape index (κ3) is 5.06. The molecule has 0 aliphatic rings. The summed E-state index contributed by atoms with van der Waals surface area (Å²) in [6, 6.07) is 15.3. The molecular weight excluding hydrogens is 283 g/mol. The van der Waals surface area contributed by atoms with Gasteiger partial charge in [-0.25, -0.2) is 4.39 Å². The van der Waals surface area contributed by atoms with Gasteiger partial charge in [0.15, 0.2) is 0 Å². The normalized spacial score (nSPS) is 12.1. The van der Waals surface area contributed by atoms with Crippen LogP contribution in [0, 0.1) is 5.82 Å². The van der Waals surface area contributed by atoms with Crippen molar-refractivity contribution in [2.45, 2.75) is 35.6 Å². The van der Waals surface area contributed by atoms with E-state index in [1.807, 2.05) is 0 Å². The van der Waals surface area contributed by atoms with Crippen molar-refractivity contribution in [1.29, 1.82) is 0 Å². The molecule has 2 aromatic carbocycles. The average molecular weight is 304 g/mol. The zero-order chi connectivity index (χ0) is 15.1. The van der Waals surface area contributed by atoms with E-state index < -0.39 is 0 Å². The zero-order valence-electron chi connectivity index (χ0n) is 12.2. The van der Waals surface area contributed by atoms with Crippen molar-refractivity contribution >= 4 is 17.4 Å². The van der Waals surface area contributed by atoms with Gasteiger partial charge >= 0.3 is 0 Å². The minimum Gasteiger partial charge on any atom is -0.382 e. The first-order valence-corrected chi connectivity index (χ1v) is 8.03. The highest BCUT2D eigenvalue weighted by atomic mass is 32.2. The Morgan fingerprint density at radius 1 is 1.05 bits per heavy atom. The molecular formula is C17H21FN2S. The maximum Gasteiger partial charge on any atom is 0.123 e. The molecule has 0 heterocycles. The van der Waals surface area contributed by atoms with Crippen LogP contribution in [-0.2, 0) is 0 Å². The van der Waals surface area contributed by atoms with Gasteiger partial charge in [0.25, 0.3) is 0 Å². The average Bonchev–Trinajstić information content (AvgIpc) is 2.51. The first-order valence-electron chi connectivity index (χ1n) is 7.21. The molecule has 3 N–H and O–H groups in total. The Morgan fingerprint density at radius 2 is 1.62 bits per heavy atom. The number of benzene rings is 2. The lowest BCUT2D eigenvalue weighted by Gasteiger charge is -2.17. The van der Waals surface area contributed by atoms with Crippen molar-refractivity contribution in [1.82, 2.24) is 0 Å². The molecule has 0 radical (unpaired) electrons. The number of hydrogen-bond donors (Lipinski definition) is 2. The summed E-state index contributed by atoms with van der Waals surface area (Å²) in [6.07, 6.45) is 2.03. The van der Waals surface area contributed by atoms with Crippen LogP contribution in [0.5, 0.6) is 0 Å². The summed E-state index contributed by atoms with van der Waals surface area (Å²) in [5.74, 6) is -0.204. The van der Waals surface area contributed by atoms with E-state index in [0.29, 0.717) is 12.6 Å². The van der Waals surface area contributed by atoms with Crippen LogP contribution in [0.1, 0.15) is 19.8 Å². The van der Waals surface area contributed by atoms with Gasteiger partial charge in [0.05, 0.1) is 0 Å². The molecule has 0 bridgehead atoms. The highest BCUT2D eigenvalue weighted by Crippen LogP contribution is 2.28. The summed E-state index contributed by atoms with van der Waals surface area (Å²) >= 11 is 1.63.